The van der Waals surface area contributed by atoms with E-state index in [2.05, 4.69) is 5.32 Å². The maximum absolute atomic E-state index is 12.0. The summed E-state index contributed by atoms with van der Waals surface area (Å²) in [6.07, 6.45) is 2.01. The molecule has 0 aliphatic carbocycles. The summed E-state index contributed by atoms with van der Waals surface area (Å²) in [4.78, 5) is 0.260. The van der Waals surface area contributed by atoms with Gasteiger partial charge in [0.05, 0.1) is 22.3 Å². The van der Waals surface area contributed by atoms with Crippen LogP contribution in [0.4, 0.5) is 0 Å². The molecular formula is C14H18N2O2S. The molecule has 0 heterocycles. The highest BCUT2D eigenvalue weighted by molar-refractivity contribution is 7.91. The van der Waals surface area contributed by atoms with Gasteiger partial charge in [-0.2, -0.15) is 5.26 Å². The molecule has 0 aromatic heterocycles. The summed E-state index contributed by atoms with van der Waals surface area (Å²) < 4.78 is 24.0. The lowest BCUT2D eigenvalue weighted by Crippen LogP contribution is -2.23. The first-order valence-corrected chi connectivity index (χ1v) is 7.68. The summed E-state index contributed by atoms with van der Waals surface area (Å²) in [5.74, 6) is 0.0511. The minimum absolute atomic E-state index is 0.0511. The van der Waals surface area contributed by atoms with Crippen molar-refractivity contribution in [2.24, 2.45) is 0 Å². The van der Waals surface area contributed by atoms with E-state index in [1.807, 2.05) is 26.0 Å². The van der Waals surface area contributed by atoms with Gasteiger partial charge in [-0.05, 0) is 38.1 Å². The van der Waals surface area contributed by atoms with E-state index in [4.69, 9.17) is 5.26 Å². The third-order valence-electron chi connectivity index (χ3n) is 2.54. The summed E-state index contributed by atoms with van der Waals surface area (Å²) in [6, 6.07) is 7.95. The SMILES string of the molecule is CC(C)=CCNCCS(=O)(=O)c1ccc(C#N)cc1. The number of nitrogens with one attached hydrogen (secondary N) is 1. The number of hydrogen-bond acceptors (Lipinski definition) is 4. The quantitative estimate of drug-likeness (QED) is 0.637. The van der Waals surface area contributed by atoms with Crippen molar-refractivity contribution < 1.29 is 8.42 Å². The molecule has 102 valence electrons. The van der Waals surface area contributed by atoms with Crippen LogP contribution in [0.1, 0.15) is 19.4 Å². The Morgan fingerprint density at radius 1 is 1.32 bits per heavy atom. The Kier molecular flexibility index (Phi) is 5.74. The molecule has 0 atom stereocenters. The molecule has 4 nitrogen and oxygen atoms in total. The number of benzene rings is 1. The second-order valence-corrected chi connectivity index (χ2v) is 6.55. The Labute approximate surface area is 114 Å². The highest BCUT2D eigenvalue weighted by Crippen LogP contribution is 2.11. The van der Waals surface area contributed by atoms with Crippen LogP contribution in [0, 0.1) is 11.3 Å². The maximum Gasteiger partial charge on any atom is 0.179 e. The van der Waals surface area contributed by atoms with Crippen molar-refractivity contribution in [3.8, 4) is 6.07 Å². The zero-order valence-corrected chi connectivity index (χ0v) is 12.0. The summed E-state index contributed by atoms with van der Waals surface area (Å²) >= 11 is 0. The Balaban J connectivity index is 2.56. The number of hydrogen-bond donors (Lipinski definition) is 1. The van der Waals surface area contributed by atoms with Gasteiger partial charge in [0.2, 0.25) is 0 Å². The first-order chi connectivity index (χ1) is 8.95. The van der Waals surface area contributed by atoms with Gasteiger partial charge in [-0.25, -0.2) is 8.42 Å². The van der Waals surface area contributed by atoms with Gasteiger partial charge in [0, 0.05) is 13.1 Å². The fraction of sp³-hybridized carbons (Fsp3) is 0.357. The zero-order valence-electron chi connectivity index (χ0n) is 11.2. The van der Waals surface area contributed by atoms with E-state index in [1.165, 1.54) is 29.8 Å². The number of sulfone groups is 1. The fourth-order valence-corrected chi connectivity index (χ4v) is 2.64. The summed E-state index contributed by atoms with van der Waals surface area (Å²) in [6.45, 7) is 5.07. The standard InChI is InChI=1S/C14H18N2O2S/c1-12(2)7-8-16-9-10-19(17,18)14-5-3-13(11-15)4-6-14/h3-7,16H,8-10H2,1-2H3. The molecule has 19 heavy (non-hydrogen) atoms. The van der Waals surface area contributed by atoms with E-state index in [1.54, 1.807) is 0 Å². The van der Waals surface area contributed by atoms with Crippen LogP contribution in [0.25, 0.3) is 0 Å². The van der Waals surface area contributed by atoms with Crippen LogP contribution >= 0.6 is 0 Å². The van der Waals surface area contributed by atoms with Gasteiger partial charge in [0.1, 0.15) is 0 Å². The molecule has 0 spiro atoms. The summed E-state index contributed by atoms with van der Waals surface area (Å²) in [5.41, 5.74) is 1.66. The summed E-state index contributed by atoms with van der Waals surface area (Å²) in [7, 11) is -3.28. The van der Waals surface area contributed by atoms with Gasteiger partial charge < -0.3 is 5.32 Å². The molecule has 0 bridgehead atoms. The lowest BCUT2D eigenvalue weighted by atomic mass is 10.2. The number of nitrogens with zero attached hydrogens (tertiary/aromatic N) is 1. The molecule has 0 saturated heterocycles. The Morgan fingerprint density at radius 2 is 1.95 bits per heavy atom. The molecule has 0 aliphatic rings. The molecule has 1 aromatic rings. The smallest absolute Gasteiger partial charge is 0.179 e. The first-order valence-electron chi connectivity index (χ1n) is 6.03. The van der Waals surface area contributed by atoms with Crippen molar-refractivity contribution in [2.45, 2.75) is 18.7 Å². The van der Waals surface area contributed by atoms with Crippen LogP contribution in [-0.4, -0.2) is 27.3 Å². The number of rotatable bonds is 6. The van der Waals surface area contributed by atoms with Crippen LogP contribution < -0.4 is 5.32 Å². The van der Waals surface area contributed by atoms with Gasteiger partial charge in [0.25, 0.3) is 0 Å². The monoisotopic (exact) mass is 278 g/mol. The van der Waals surface area contributed by atoms with E-state index < -0.39 is 9.84 Å². The molecule has 0 aliphatic heterocycles. The average molecular weight is 278 g/mol. The molecule has 0 unspecified atom stereocenters. The van der Waals surface area contributed by atoms with Crippen LogP contribution in [0.5, 0.6) is 0 Å². The van der Waals surface area contributed by atoms with E-state index in [0.29, 0.717) is 18.7 Å². The predicted octanol–water partition coefficient (Wildman–Crippen LogP) is 1.89. The third-order valence-corrected chi connectivity index (χ3v) is 4.28. The molecule has 0 radical (unpaired) electrons. The normalized spacial score (nSPS) is 10.8. The van der Waals surface area contributed by atoms with E-state index >= 15 is 0 Å². The van der Waals surface area contributed by atoms with Crippen molar-refractivity contribution >= 4 is 9.84 Å². The van der Waals surface area contributed by atoms with Crippen molar-refractivity contribution in [3.63, 3.8) is 0 Å². The van der Waals surface area contributed by atoms with Crippen molar-refractivity contribution in [3.05, 3.63) is 41.5 Å². The topological polar surface area (TPSA) is 70.0 Å². The highest BCUT2D eigenvalue weighted by atomic mass is 32.2. The van der Waals surface area contributed by atoms with Gasteiger partial charge in [0.15, 0.2) is 9.84 Å². The van der Waals surface area contributed by atoms with Crippen molar-refractivity contribution in [1.82, 2.24) is 5.32 Å². The lowest BCUT2D eigenvalue weighted by molar-refractivity contribution is 0.592. The molecule has 1 aromatic carbocycles. The second kappa shape index (κ2) is 7.07. The number of allylic oxidation sites excluding steroid dienone is 1. The minimum atomic E-state index is -3.28. The van der Waals surface area contributed by atoms with E-state index in [0.717, 1.165) is 0 Å². The van der Waals surface area contributed by atoms with Gasteiger partial charge in [-0.3, -0.25) is 0 Å². The zero-order chi connectivity index (χ0) is 14.3. The fourth-order valence-electron chi connectivity index (χ4n) is 1.44. The Morgan fingerprint density at radius 3 is 2.47 bits per heavy atom. The predicted molar refractivity (Wildman–Crippen MR) is 75.5 cm³/mol. The van der Waals surface area contributed by atoms with Crippen LogP contribution in [-0.2, 0) is 9.84 Å². The molecule has 5 heteroatoms. The highest BCUT2D eigenvalue weighted by Gasteiger charge is 2.13. The van der Waals surface area contributed by atoms with E-state index in [9.17, 15) is 8.42 Å². The molecular weight excluding hydrogens is 260 g/mol. The van der Waals surface area contributed by atoms with Crippen LogP contribution in [0.2, 0.25) is 0 Å². The van der Waals surface area contributed by atoms with Crippen LogP contribution in [0.15, 0.2) is 40.8 Å². The van der Waals surface area contributed by atoms with Gasteiger partial charge >= 0.3 is 0 Å². The Bertz CT molecular complexity index is 577. The average Bonchev–Trinajstić information content (AvgIpc) is 2.38. The maximum atomic E-state index is 12.0. The molecule has 1 rings (SSSR count). The molecule has 0 amide bonds. The van der Waals surface area contributed by atoms with Crippen molar-refractivity contribution in [1.29, 1.82) is 5.26 Å². The van der Waals surface area contributed by atoms with E-state index in [-0.39, 0.29) is 10.6 Å². The first kappa shape index (κ1) is 15.4. The summed E-state index contributed by atoms with van der Waals surface area (Å²) in [5, 5.41) is 11.7. The van der Waals surface area contributed by atoms with Crippen LogP contribution in [0.3, 0.4) is 0 Å². The third kappa shape index (κ3) is 5.25. The van der Waals surface area contributed by atoms with Gasteiger partial charge in [-0.1, -0.05) is 11.6 Å². The lowest BCUT2D eigenvalue weighted by Gasteiger charge is -2.05. The minimum Gasteiger partial charge on any atom is -0.312 e. The number of nitriles is 1. The molecule has 0 fully saturated rings. The molecule has 1 N–H and O–H groups in total. The van der Waals surface area contributed by atoms with Gasteiger partial charge in [-0.15, -0.1) is 0 Å². The largest absolute Gasteiger partial charge is 0.312 e. The van der Waals surface area contributed by atoms with Crippen molar-refractivity contribution in [2.75, 3.05) is 18.8 Å². The second-order valence-electron chi connectivity index (χ2n) is 4.44. The Hall–Kier alpha value is -1.64. The molecule has 0 saturated carbocycles.